The predicted molar refractivity (Wildman–Crippen MR) is 371 cm³/mol. The standard InChI is InChI=1S/C65H96N22O14/c66-26-8-7-17-45(62(100)101)84-60(98)50-21-12-30-87(50)61(99)44(20-11-29-75-65(71)72)83-59(97)49-35-77-51(89)33-48(58(96)82-42(18-9-27-73-63(67)68)55(93)81-43(56(94)86-49)19-10-28-74-64(69)70)85-57(95)47(32-38-13-3-1-4-14-38)80-53(91)37-78-52(90)36-79-54(92)46(31-39-22-24-41(88)25-23-39)76-34-40-15-5-2-6-16-40/h1-6,13-16,22-25,42-50,76,88H,7-12,17-21,26-37,66H2,(H,77,89)(H,78,90)(H,79,92)(H,80,91)(H,81,93)(H,82,96)(H,83,97)(H,84,98)(H,85,95)(H,86,94)(H,100,101)(H4,67,68,73)(H4,69,70,74)(H4,71,72,75)/t42-,43-,44-,45-,46-,47-,48+,49+,50-/m0/s1. The number of nitrogens with zero attached hydrogens (tertiary/aromatic N) is 4. The molecule has 2 aliphatic heterocycles. The zero-order valence-electron chi connectivity index (χ0n) is 56.2. The van der Waals surface area contributed by atoms with Gasteiger partial charge in [0.25, 0.3) is 0 Å². The maximum atomic E-state index is 14.8. The highest BCUT2D eigenvalue weighted by molar-refractivity contribution is 6.00. The topological polar surface area (TPSA) is 600 Å². The lowest BCUT2D eigenvalue weighted by Crippen LogP contribution is -2.62. The average molecular weight is 1410 g/mol. The molecule has 2 fully saturated rings. The summed E-state index contributed by atoms with van der Waals surface area (Å²) >= 11 is 0. The van der Waals surface area contributed by atoms with Gasteiger partial charge < -0.3 is 114 Å². The third-order valence-corrected chi connectivity index (χ3v) is 16.2. The van der Waals surface area contributed by atoms with Gasteiger partial charge >= 0.3 is 5.97 Å². The number of phenols is 1. The van der Waals surface area contributed by atoms with Crippen molar-refractivity contribution in [3.05, 3.63) is 102 Å². The molecule has 5 rings (SSSR count). The number of unbranched alkanes of at least 4 members (excludes halogenated alkanes) is 1. The number of rotatable bonds is 37. The fourth-order valence-corrected chi connectivity index (χ4v) is 10.9. The second kappa shape index (κ2) is 42.6. The third-order valence-electron chi connectivity index (χ3n) is 16.2. The number of aliphatic imine (C=N–C) groups is 3. The van der Waals surface area contributed by atoms with E-state index in [0.717, 1.165) is 5.56 Å². The van der Waals surface area contributed by atoms with Crippen LogP contribution in [0.4, 0.5) is 0 Å². The molecule has 0 spiro atoms. The molecule has 36 nitrogen and oxygen atoms in total. The zero-order chi connectivity index (χ0) is 73.8. The van der Waals surface area contributed by atoms with Crippen LogP contribution in [-0.4, -0.2) is 211 Å². The largest absolute Gasteiger partial charge is 0.508 e. The van der Waals surface area contributed by atoms with Crippen LogP contribution in [0.5, 0.6) is 5.75 Å². The Kier molecular flexibility index (Phi) is 34.0. The van der Waals surface area contributed by atoms with Crippen molar-refractivity contribution in [1.82, 2.24) is 63.4 Å². The molecular weight excluding hydrogens is 1310 g/mol. The Labute approximate surface area is 583 Å². The number of likely N-dealkylation sites (tertiary alicyclic amines) is 1. The summed E-state index contributed by atoms with van der Waals surface area (Å²) in [6, 6.07) is 10.8. The van der Waals surface area contributed by atoms with E-state index in [1.807, 2.05) is 30.3 Å². The Morgan fingerprint density at radius 3 is 1.72 bits per heavy atom. The van der Waals surface area contributed by atoms with E-state index < -0.39 is 151 Å². The van der Waals surface area contributed by atoms with Gasteiger partial charge in [-0.3, -0.25) is 67.7 Å². The van der Waals surface area contributed by atoms with Crippen LogP contribution in [0.15, 0.2) is 99.9 Å². The maximum absolute atomic E-state index is 14.8. The van der Waals surface area contributed by atoms with Crippen molar-refractivity contribution in [3.63, 3.8) is 0 Å². The number of guanidine groups is 3. The summed E-state index contributed by atoms with van der Waals surface area (Å²) in [6.07, 6.45) is -0.00740. The fraction of sp³-hybridized carbons (Fsp3) is 0.492. The first-order chi connectivity index (χ1) is 48.3. The highest BCUT2D eigenvalue weighted by Gasteiger charge is 2.41. The van der Waals surface area contributed by atoms with Crippen molar-refractivity contribution in [2.24, 2.45) is 55.1 Å². The number of hydrogen-bond donors (Lipinski definition) is 20. The number of amides is 11. The SMILES string of the molecule is NCCCC[C@H](NC(=O)[C@@H]1CCCN1C(=O)[C@H](CCCN=C(N)N)NC(=O)[C@H]1CNC(=O)C[C@@H](NC(=O)[C@H](Cc2ccccc2)NC(=O)CNC(=O)CNC(=O)[C@H](Cc2ccc(O)cc2)NCc2ccccc2)C(=O)N[C@@H](CCCN=C(N)N)C(=O)N[C@@H](CCCN=C(N)N)C(=O)N1)C(=O)O. The molecular formula is C65H96N22O14. The summed E-state index contributed by atoms with van der Waals surface area (Å²) in [5.74, 6) is -12.1. The number of carboxylic acids is 1. The summed E-state index contributed by atoms with van der Waals surface area (Å²) in [5, 5.41) is 48.4. The van der Waals surface area contributed by atoms with Crippen LogP contribution < -0.4 is 98.6 Å². The van der Waals surface area contributed by atoms with Gasteiger partial charge in [0.15, 0.2) is 17.9 Å². The number of nitrogens with one attached hydrogen (secondary N) is 11. The summed E-state index contributed by atoms with van der Waals surface area (Å²) in [7, 11) is 0. The van der Waals surface area contributed by atoms with Crippen LogP contribution in [0.2, 0.25) is 0 Å². The number of carbonyl (C=O) groups is 12. The molecule has 0 bridgehead atoms. The lowest BCUT2D eigenvalue weighted by atomic mass is 10.0. The van der Waals surface area contributed by atoms with Crippen LogP contribution in [-0.2, 0) is 76.9 Å². The minimum atomic E-state index is -1.87. The smallest absolute Gasteiger partial charge is 0.326 e. The van der Waals surface area contributed by atoms with Crippen LogP contribution in [0.25, 0.3) is 0 Å². The molecule has 2 saturated heterocycles. The molecule has 101 heavy (non-hydrogen) atoms. The first-order valence-electron chi connectivity index (χ1n) is 33.2. The second-order valence-corrected chi connectivity index (χ2v) is 24.1. The van der Waals surface area contributed by atoms with Crippen LogP contribution in [0.3, 0.4) is 0 Å². The van der Waals surface area contributed by atoms with Gasteiger partial charge in [-0.05, 0) is 112 Å². The van der Waals surface area contributed by atoms with E-state index in [1.54, 1.807) is 42.5 Å². The molecule has 27 N–H and O–H groups in total. The van der Waals surface area contributed by atoms with E-state index in [1.165, 1.54) is 17.0 Å². The van der Waals surface area contributed by atoms with Crippen LogP contribution in [0, 0.1) is 0 Å². The summed E-state index contributed by atoms with van der Waals surface area (Å²) in [5.41, 5.74) is 41.1. The van der Waals surface area contributed by atoms with E-state index in [4.69, 9.17) is 40.1 Å². The molecule has 3 aromatic rings. The Morgan fingerprint density at radius 2 is 1.12 bits per heavy atom. The molecule has 3 aromatic carbocycles. The molecule has 2 aliphatic rings. The van der Waals surface area contributed by atoms with E-state index in [2.05, 4.69) is 73.5 Å². The van der Waals surface area contributed by atoms with E-state index >= 15 is 0 Å². The predicted octanol–water partition coefficient (Wildman–Crippen LogP) is -6.15. The van der Waals surface area contributed by atoms with Gasteiger partial charge in [0.05, 0.1) is 25.6 Å². The van der Waals surface area contributed by atoms with Crippen LogP contribution in [0.1, 0.15) is 93.7 Å². The molecule has 550 valence electrons. The van der Waals surface area contributed by atoms with Gasteiger partial charge in [-0.1, -0.05) is 72.8 Å². The molecule has 0 saturated carbocycles. The number of carbonyl (C=O) groups excluding carboxylic acids is 11. The molecule has 0 unspecified atom stereocenters. The Morgan fingerprint density at radius 1 is 0.574 bits per heavy atom. The van der Waals surface area contributed by atoms with Gasteiger partial charge in [-0.2, -0.15) is 0 Å². The normalized spacial score (nSPS) is 18.3. The Balaban J connectivity index is 1.42. The van der Waals surface area contributed by atoms with Gasteiger partial charge in [0.2, 0.25) is 65.0 Å². The lowest BCUT2D eigenvalue weighted by Gasteiger charge is -2.31. The van der Waals surface area contributed by atoms with Gasteiger partial charge in [-0.25, -0.2) is 4.79 Å². The molecule has 2 heterocycles. The number of nitrogens with two attached hydrogens (primary N) is 7. The molecule has 9 atom stereocenters. The second-order valence-electron chi connectivity index (χ2n) is 24.1. The number of phenolic OH excluding ortho intramolecular Hbond substituents is 1. The number of hydrogen-bond acceptors (Lipinski definition) is 18. The molecule has 11 amide bonds. The van der Waals surface area contributed by atoms with Crippen LogP contribution >= 0.6 is 0 Å². The van der Waals surface area contributed by atoms with Gasteiger partial charge in [0.1, 0.15) is 54.1 Å². The summed E-state index contributed by atoms with van der Waals surface area (Å²) < 4.78 is 0. The highest BCUT2D eigenvalue weighted by atomic mass is 16.4. The molecule has 36 heteroatoms. The van der Waals surface area contributed by atoms with Crippen molar-refractivity contribution < 1.29 is 67.7 Å². The minimum Gasteiger partial charge on any atom is -0.508 e. The van der Waals surface area contributed by atoms with Gasteiger partial charge in [-0.15, -0.1) is 0 Å². The van der Waals surface area contributed by atoms with Crippen molar-refractivity contribution >= 4 is 88.8 Å². The molecule has 0 aliphatic carbocycles. The highest BCUT2D eigenvalue weighted by Crippen LogP contribution is 2.21. The van der Waals surface area contributed by atoms with Gasteiger partial charge in [0, 0.05) is 45.7 Å². The van der Waals surface area contributed by atoms with E-state index in [0.29, 0.717) is 43.5 Å². The monoisotopic (exact) mass is 1410 g/mol. The number of aliphatic carboxylic acids is 1. The number of benzene rings is 3. The Hall–Kier alpha value is -11.2. The van der Waals surface area contributed by atoms with Crippen molar-refractivity contribution in [3.8, 4) is 5.75 Å². The van der Waals surface area contributed by atoms with Crippen molar-refractivity contribution in [2.45, 2.75) is 151 Å². The van der Waals surface area contributed by atoms with Crippen molar-refractivity contribution in [2.75, 3.05) is 52.4 Å². The minimum absolute atomic E-state index is 0.0148. The Bertz CT molecular complexity index is 3370. The summed E-state index contributed by atoms with van der Waals surface area (Å²) in [6.45, 7) is -1.58. The zero-order valence-corrected chi connectivity index (χ0v) is 56.2. The average Bonchev–Trinajstić information content (AvgIpc) is 1.78. The molecule has 0 radical (unpaired) electrons. The van der Waals surface area contributed by atoms with E-state index in [-0.39, 0.29) is 114 Å². The summed E-state index contributed by atoms with van der Waals surface area (Å²) in [4.78, 5) is 182. The molecule has 0 aromatic heterocycles. The van der Waals surface area contributed by atoms with Crippen molar-refractivity contribution in [1.29, 1.82) is 0 Å². The van der Waals surface area contributed by atoms with E-state index in [9.17, 15) is 67.7 Å². The quantitative estimate of drug-likeness (QED) is 0.0145. The lowest BCUT2D eigenvalue weighted by molar-refractivity contribution is -0.145. The maximum Gasteiger partial charge on any atom is 0.326 e. The number of aromatic hydroxyl groups is 1. The first-order valence-corrected chi connectivity index (χ1v) is 33.2. The third kappa shape index (κ3) is 29.4. The fourth-order valence-electron chi connectivity index (χ4n) is 10.9. The number of carboxylic acid groups (broad SMARTS) is 1. The first kappa shape index (κ1) is 80.5.